The number of carbonyl (C=O) groups excluding carboxylic acids is 1. The first-order valence-electron chi connectivity index (χ1n) is 6.37. The SMILES string of the molecule is CCCC(OC(=O)COc1ccc(Cl)cc1C)P(=O)(O)O. The van der Waals surface area contributed by atoms with E-state index in [0.717, 1.165) is 5.56 Å². The number of esters is 1. The highest BCUT2D eigenvalue weighted by molar-refractivity contribution is 7.52. The predicted octanol–water partition coefficient (Wildman–Crippen LogP) is 2.87. The Labute approximate surface area is 128 Å². The first-order chi connectivity index (χ1) is 9.74. The van der Waals surface area contributed by atoms with Crippen molar-refractivity contribution in [1.29, 1.82) is 0 Å². The van der Waals surface area contributed by atoms with Gasteiger partial charge in [0.25, 0.3) is 0 Å². The Hall–Kier alpha value is -1.07. The molecule has 0 saturated carbocycles. The maximum absolute atomic E-state index is 11.6. The molecule has 0 amide bonds. The summed E-state index contributed by atoms with van der Waals surface area (Å²) in [5.74, 6) is -1.80. The molecule has 8 heteroatoms. The highest BCUT2D eigenvalue weighted by Crippen LogP contribution is 2.44. The lowest BCUT2D eigenvalue weighted by atomic mass is 10.2. The molecule has 1 atom stereocenters. The Morgan fingerprint density at radius 3 is 2.62 bits per heavy atom. The van der Waals surface area contributed by atoms with Crippen LogP contribution in [0.4, 0.5) is 0 Å². The lowest BCUT2D eigenvalue weighted by Crippen LogP contribution is -2.23. The minimum Gasteiger partial charge on any atom is -0.482 e. The van der Waals surface area contributed by atoms with Crippen LogP contribution in [0.3, 0.4) is 0 Å². The Bertz CT molecular complexity index is 541. The van der Waals surface area contributed by atoms with Crippen LogP contribution in [0.2, 0.25) is 5.02 Å². The Morgan fingerprint density at radius 1 is 1.43 bits per heavy atom. The standard InChI is InChI=1S/C13H18ClO6P/c1-3-4-13(21(16,17)18)20-12(15)8-19-11-6-5-10(14)7-9(11)2/h5-7,13H,3-4,8H2,1-2H3,(H2,16,17,18). The third kappa shape index (κ3) is 6.06. The Balaban J connectivity index is 2.59. The Kier molecular flexibility index (Phi) is 6.68. The lowest BCUT2D eigenvalue weighted by molar-refractivity contribution is -0.148. The van der Waals surface area contributed by atoms with Crippen LogP contribution in [0, 0.1) is 6.92 Å². The number of rotatable bonds is 7. The largest absolute Gasteiger partial charge is 0.482 e. The minimum absolute atomic E-state index is 0.0932. The molecule has 0 fully saturated rings. The van der Waals surface area contributed by atoms with E-state index in [1.54, 1.807) is 32.0 Å². The van der Waals surface area contributed by atoms with Crippen molar-refractivity contribution >= 4 is 25.2 Å². The predicted molar refractivity (Wildman–Crippen MR) is 78.5 cm³/mol. The quantitative estimate of drug-likeness (QED) is 0.587. The van der Waals surface area contributed by atoms with Crippen molar-refractivity contribution in [2.24, 2.45) is 0 Å². The highest BCUT2D eigenvalue weighted by atomic mass is 35.5. The van der Waals surface area contributed by atoms with Crippen molar-refractivity contribution in [2.45, 2.75) is 32.5 Å². The molecule has 2 N–H and O–H groups in total. The van der Waals surface area contributed by atoms with E-state index < -0.39 is 26.0 Å². The van der Waals surface area contributed by atoms with Gasteiger partial charge in [-0.15, -0.1) is 0 Å². The van der Waals surface area contributed by atoms with Crippen molar-refractivity contribution in [2.75, 3.05) is 6.61 Å². The average Bonchev–Trinajstić information content (AvgIpc) is 2.36. The van der Waals surface area contributed by atoms with Crippen LogP contribution in [0.5, 0.6) is 5.75 Å². The van der Waals surface area contributed by atoms with Crippen LogP contribution >= 0.6 is 19.2 Å². The topological polar surface area (TPSA) is 93.1 Å². The van der Waals surface area contributed by atoms with Gasteiger partial charge in [-0.05, 0) is 37.1 Å². The van der Waals surface area contributed by atoms with Crippen LogP contribution in [0.1, 0.15) is 25.3 Å². The van der Waals surface area contributed by atoms with Crippen molar-refractivity contribution in [3.63, 3.8) is 0 Å². The van der Waals surface area contributed by atoms with Gasteiger partial charge in [-0.25, -0.2) is 4.79 Å². The van der Waals surface area contributed by atoms with E-state index in [-0.39, 0.29) is 6.42 Å². The molecule has 0 saturated heterocycles. The third-order valence-electron chi connectivity index (χ3n) is 2.66. The van der Waals surface area contributed by atoms with E-state index in [0.29, 0.717) is 17.2 Å². The first-order valence-corrected chi connectivity index (χ1v) is 8.43. The summed E-state index contributed by atoms with van der Waals surface area (Å²) in [5.41, 5.74) is 0.746. The van der Waals surface area contributed by atoms with Gasteiger partial charge in [-0.3, -0.25) is 4.57 Å². The fourth-order valence-electron chi connectivity index (χ4n) is 1.64. The third-order valence-corrected chi connectivity index (χ3v) is 4.01. The number of carbonyl (C=O) groups is 1. The summed E-state index contributed by atoms with van der Waals surface area (Å²) in [6.45, 7) is 3.08. The number of ether oxygens (including phenoxy) is 2. The molecule has 0 radical (unpaired) electrons. The molecule has 1 aromatic carbocycles. The van der Waals surface area contributed by atoms with Gasteiger partial charge in [0, 0.05) is 5.02 Å². The van der Waals surface area contributed by atoms with E-state index in [9.17, 15) is 9.36 Å². The molecular formula is C13H18ClO6P. The Morgan fingerprint density at radius 2 is 2.10 bits per heavy atom. The maximum Gasteiger partial charge on any atom is 0.365 e. The van der Waals surface area contributed by atoms with Gasteiger partial charge in [-0.2, -0.15) is 0 Å². The molecule has 6 nitrogen and oxygen atoms in total. The molecule has 0 aromatic heterocycles. The molecular weight excluding hydrogens is 319 g/mol. The zero-order valence-corrected chi connectivity index (χ0v) is 13.4. The molecule has 118 valence electrons. The van der Waals surface area contributed by atoms with Crippen molar-refractivity contribution in [3.8, 4) is 5.75 Å². The second-order valence-corrected chi connectivity index (χ2v) is 6.71. The van der Waals surface area contributed by atoms with Gasteiger partial charge in [0.05, 0.1) is 0 Å². The van der Waals surface area contributed by atoms with Gasteiger partial charge in [0.15, 0.2) is 6.61 Å². The second kappa shape index (κ2) is 7.80. The fourth-order valence-corrected chi connectivity index (χ4v) is 2.72. The van der Waals surface area contributed by atoms with Crippen LogP contribution in [-0.2, 0) is 14.1 Å². The number of hydrogen-bond donors (Lipinski definition) is 2. The summed E-state index contributed by atoms with van der Waals surface area (Å²) in [6.07, 6.45) is 0.580. The number of hydrogen-bond acceptors (Lipinski definition) is 4. The zero-order valence-electron chi connectivity index (χ0n) is 11.8. The van der Waals surface area contributed by atoms with Crippen molar-refractivity contribution < 1.29 is 28.6 Å². The summed E-state index contributed by atoms with van der Waals surface area (Å²) in [5, 5.41) is 0.548. The van der Waals surface area contributed by atoms with E-state index in [1.165, 1.54) is 0 Å². The van der Waals surface area contributed by atoms with Crippen molar-refractivity contribution in [1.82, 2.24) is 0 Å². The maximum atomic E-state index is 11.6. The van der Waals surface area contributed by atoms with Crippen molar-refractivity contribution in [3.05, 3.63) is 28.8 Å². The normalized spacial score (nSPS) is 12.8. The molecule has 1 aromatic rings. The summed E-state index contributed by atoms with van der Waals surface area (Å²) >= 11 is 5.80. The monoisotopic (exact) mass is 336 g/mol. The summed E-state index contributed by atoms with van der Waals surface area (Å²) in [7, 11) is -4.47. The van der Waals surface area contributed by atoms with Gasteiger partial charge < -0.3 is 19.3 Å². The van der Waals surface area contributed by atoms with E-state index in [2.05, 4.69) is 0 Å². The van der Waals surface area contributed by atoms with Gasteiger partial charge in [-0.1, -0.05) is 24.9 Å². The minimum atomic E-state index is -4.47. The first kappa shape index (κ1) is 18.0. The average molecular weight is 337 g/mol. The van der Waals surface area contributed by atoms with Crippen LogP contribution in [-0.4, -0.2) is 28.2 Å². The molecule has 0 spiro atoms. The highest BCUT2D eigenvalue weighted by Gasteiger charge is 2.31. The van der Waals surface area contributed by atoms with Gasteiger partial charge >= 0.3 is 13.6 Å². The molecule has 0 aliphatic heterocycles. The number of benzene rings is 1. The molecule has 0 aliphatic carbocycles. The molecule has 1 unspecified atom stereocenters. The smallest absolute Gasteiger partial charge is 0.365 e. The fraction of sp³-hybridized carbons (Fsp3) is 0.462. The van der Waals surface area contributed by atoms with Gasteiger partial charge in [0.1, 0.15) is 5.75 Å². The van der Waals surface area contributed by atoms with E-state index >= 15 is 0 Å². The molecule has 1 rings (SSSR count). The lowest BCUT2D eigenvalue weighted by Gasteiger charge is -2.18. The van der Waals surface area contributed by atoms with Crippen LogP contribution in [0.15, 0.2) is 18.2 Å². The van der Waals surface area contributed by atoms with Crippen LogP contribution in [0.25, 0.3) is 0 Å². The summed E-state index contributed by atoms with van der Waals surface area (Å²) in [4.78, 5) is 29.8. The molecule has 0 bridgehead atoms. The molecule has 0 heterocycles. The van der Waals surface area contributed by atoms with E-state index in [4.69, 9.17) is 30.9 Å². The van der Waals surface area contributed by atoms with Gasteiger partial charge in [0.2, 0.25) is 5.85 Å². The molecule has 21 heavy (non-hydrogen) atoms. The summed E-state index contributed by atoms with van der Waals surface area (Å²) in [6, 6.07) is 4.90. The number of aryl methyl sites for hydroxylation is 1. The summed E-state index contributed by atoms with van der Waals surface area (Å²) < 4.78 is 21.2. The second-order valence-electron chi connectivity index (χ2n) is 4.52. The number of halogens is 1. The zero-order chi connectivity index (χ0) is 16.0. The molecule has 0 aliphatic rings. The van der Waals surface area contributed by atoms with E-state index in [1.807, 2.05) is 0 Å². The van der Waals surface area contributed by atoms with Crippen LogP contribution < -0.4 is 4.74 Å².